The van der Waals surface area contributed by atoms with Gasteiger partial charge in [-0.25, -0.2) is 0 Å². The summed E-state index contributed by atoms with van der Waals surface area (Å²) < 4.78 is 16.3. The average Bonchev–Trinajstić information content (AvgIpc) is 3.04. The Kier molecular flexibility index (Phi) is 3.54. The van der Waals surface area contributed by atoms with Crippen LogP contribution < -0.4 is 5.32 Å². The lowest BCUT2D eigenvalue weighted by Crippen LogP contribution is -2.39. The van der Waals surface area contributed by atoms with Crippen molar-refractivity contribution in [1.82, 2.24) is 20.6 Å². The molecule has 0 spiro atoms. The summed E-state index contributed by atoms with van der Waals surface area (Å²) in [7, 11) is 0. The lowest BCUT2D eigenvalue weighted by atomic mass is 10.1. The Hall–Kier alpha value is -1.73. The standard InChI is InChI=1S/C13H18N4O3/c1-4-9-11(8(3)19-16-9)12-15-13(20-17-12)10-6-14-5-7(2)18-10/h7,10,14H,4-6H2,1-3H3/t7-,10-/m1/s1. The largest absolute Gasteiger partial charge is 0.363 e. The fourth-order valence-corrected chi connectivity index (χ4v) is 2.35. The second-order valence-electron chi connectivity index (χ2n) is 4.96. The van der Waals surface area contributed by atoms with Crippen LogP contribution in [0.25, 0.3) is 11.4 Å². The van der Waals surface area contributed by atoms with E-state index in [1.165, 1.54) is 0 Å². The molecule has 1 saturated heterocycles. The zero-order valence-electron chi connectivity index (χ0n) is 11.8. The molecule has 0 unspecified atom stereocenters. The lowest BCUT2D eigenvalue weighted by molar-refractivity contribution is -0.0438. The molecule has 2 aromatic heterocycles. The molecule has 7 nitrogen and oxygen atoms in total. The smallest absolute Gasteiger partial charge is 0.257 e. The molecule has 0 radical (unpaired) electrons. The van der Waals surface area contributed by atoms with Crippen LogP contribution in [-0.4, -0.2) is 34.5 Å². The molecule has 0 aliphatic carbocycles. The van der Waals surface area contributed by atoms with Crippen molar-refractivity contribution in [2.45, 2.75) is 39.4 Å². The Morgan fingerprint density at radius 3 is 2.85 bits per heavy atom. The molecule has 0 amide bonds. The molecule has 20 heavy (non-hydrogen) atoms. The third-order valence-electron chi connectivity index (χ3n) is 3.37. The maximum Gasteiger partial charge on any atom is 0.257 e. The number of rotatable bonds is 3. The van der Waals surface area contributed by atoms with Crippen LogP contribution in [0.15, 0.2) is 9.05 Å². The van der Waals surface area contributed by atoms with Gasteiger partial charge in [-0.05, 0) is 20.3 Å². The Morgan fingerprint density at radius 2 is 2.10 bits per heavy atom. The summed E-state index contributed by atoms with van der Waals surface area (Å²) in [5.41, 5.74) is 1.66. The molecular formula is C13H18N4O3. The Labute approximate surface area is 116 Å². The van der Waals surface area contributed by atoms with Crippen molar-refractivity contribution < 1.29 is 13.8 Å². The molecular weight excluding hydrogens is 260 g/mol. The second-order valence-corrected chi connectivity index (χ2v) is 4.96. The quantitative estimate of drug-likeness (QED) is 0.913. The summed E-state index contributed by atoms with van der Waals surface area (Å²) in [4.78, 5) is 4.44. The minimum absolute atomic E-state index is 0.132. The molecule has 0 saturated carbocycles. The van der Waals surface area contributed by atoms with Crippen LogP contribution in [0.4, 0.5) is 0 Å². The van der Waals surface area contributed by atoms with Gasteiger partial charge in [-0.2, -0.15) is 4.98 Å². The summed E-state index contributed by atoms with van der Waals surface area (Å²) in [5, 5.41) is 11.3. The normalized spacial score (nSPS) is 23.1. The monoisotopic (exact) mass is 278 g/mol. The van der Waals surface area contributed by atoms with E-state index in [2.05, 4.69) is 20.6 Å². The number of ether oxygens (including phenoxy) is 1. The fraction of sp³-hybridized carbons (Fsp3) is 0.615. The molecule has 2 aromatic rings. The molecule has 1 aliphatic heterocycles. The average molecular weight is 278 g/mol. The molecule has 0 bridgehead atoms. The van der Waals surface area contributed by atoms with Gasteiger partial charge in [0.1, 0.15) is 11.9 Å². The van der Waals surface area contributed by atoms with E-state index in [9.17, 15) is 0 Å². The summed E-state index contributed by atoms with van der Waals surface area (Å²) >= 11 is 0. The molecule has 1 fully saturated rings. The van der Waals surface area contributed by atoms with Crippen LogP contribution >= 0.6 is 0 Å². The van der Waals surface area contributed by atoms with Crippen LogP contribution in [0, 0.1) is 6.92 Å². The van der Waals surface area contributed by atoms with Gasteiger partial charge in [0.15, 0.2) is 0 Å². The number of nitrogens with zero attached hydrogens (tertiary/aromatic N) is 3. The second kappa shape index (κ2) is 5.34. The highest BCUT2D eigenvalue weighted by atomic mass is 16.5. The molecule has 3 rings (SSSR count). The molecule has 0 aromatic carbocycles. The van der Waals surface area contributed by atoms with Crippen LogP contribution in [0.2, 0.25) is 0 Å². The van der Waals surface area contributed by atoms with E-state index < -0.39 is 0 Å². The van der Waals surface area contributed by atoms with Crippen molar-refractivity contribution in [2.24, 2.45) is 0 Å². The van der Waals surface area contributed by atoms with Crippen LogP contribution in [0.5, 0.6) is 0 Å². The molecule has 3 heterocycles. The zero-order chi connectivity index (χ0) is 14.1. The summed E-state index contributed by atoms with van der Waals surface area (Å²) in [6, 6.07) is 0. The third kappa shape index (κ3) is 2.34. The van der Waals surface area contributed by atoms with E-state index in [4.69, 9.17) is 13.8 Å². The van der Waals surface area contributed by atoms with E-state index in [-0.39, 0.29) is 12.2 Å². The highest BCUT2D eigenvalue weighted by Crippen LogP contribution is 2.27. The first-order valence-corrected chi connectivity index (χ1v) is 6.84. The SMILES string of the molecule is CCc1noc(C)c1-c1noc([C@H]2CNC[C@@H](C)O2)n1. The number of morpholine rings is 1. The van der Waals surface area contributed by atoms with Crippen molar-refractivity contribution in [1.29, 1.82) is 0 Å². The minimum atomic E-state index is -0.203. The molecule has 1 aliphatic rings. The van der Waals surface area contributed by atoms with E-state index in [1.807, 2.05) is 20.8 Å². The van der Waals surface area contributed by atoms with Gasteiger partial charge in [-0.15, -0.1) is 0 Å². The van der Waals surface area contributed by atoms with Crippen molar-refractivity contribution in [3.8, 4) is 11.4 Å². The van der Waals surface area contributed by atoms with Crippen molar-refractivity contribution in [3.63, 3.8) is 0 Å². The topological polar surface area (TPSA) is 86.2 Å². The van der Waals surface area contributed by atoms with E-state index >= 15 is 0 Å². The van der Waals surface area contributed by atoms with E-state index in [1.54, 1.807) is 0 Å². The number of aromatic nitrogens is 3. The van der Waals surface area contributed by atoms with Gasteiger partial charge in [0.2, 0.25) is 5.82 Å². The first-order valence-electron chi connectivity index (χ1n) is 6.84. The molecule has 2 atom stereocenters. The van der Waals surface area contributed by atoms with Crippen molar-refractivity contribution in [3.05, 3.63) is 17.3 Å². The van der Waals surface area contributed by atoms with Crippen LogP contribution in [0.1, 0.15) is 37.3 Å². The summed E-state index contributed by atoms with van der Waals surface area (Å²) in [6.07, 6.45) is 0.688. The maximum atomic E-state index is 5.79. The van der Waals surface area contributed by atoms with E-state index in [0.717, 1.165) is 24.2 Å². The van der Waals surface area contributed by atoms with Gasteiger partial charge in [0.25, 0.3) is 5.89 Å². The molecule has 7 heteroatoms. The summed E-state index contributed by atoms with van der Waals surface area (Å²) in [6.45, 7) is 7.38. The van der Waals surface area contributed by atoms with Crippen molar-refractivity contribution >= 4 is 0 Å². The predicted octanol–water partition coefficient (Wildman–Crippen LogP) is 1.64. The lowest BCUT2D eigenvalue weighted by Gasteiger charge is -2.25. The first kappa shape index (κ1) is 13.3. The Balaban J connectivity index is 1.88. The van der Waals surface area contributed by atoms with Gasteiger partial charge in [0.05, 0.1) is 17.4 Å². The Bertz CT molecular complexity index is 592. The molecule has 108 valence electrons. The highest BCUT2D eigenvalue weighted by molar-refractivity contribution is 5.59. The van der Waals surface area contributed by atoms with Gasteiger partial charge in [0, 0.05) is 13.1 Å². The predicted molar refractivity (Wildman–Crippen MR) is 70.1 cm³/mol. The van der Waals surface area contributed by atoms with Crippen LogP contribution in [-0.2, 0) is 11.2 Å². The number of hydrogen-bond acceptors (Lipinski definition) is 7. The van der Waals surface area contributed by atoms with Crippen LogP contribution in [0.3, 0.4) is 0 Å². The van der Waals surface area contributed by atoms with Gasteiger partial charge in [-0.3, -0.25) is 0 Å². The van der Waals surface area contributed by atoms with E-state index in [0.29, 0.717) is 24.0 Å². The zero-order valence-corrected chi connectivity index (χ0v) is 11.8. The van der Waals surface area contributed by atoms with Gasteiger partial charge >= 0.3 is 0 Å². The summed E-state index contributed by atoms with van der Waals surface area (Å²) in [5.74, 6) is 1.70. The molecule has 1 N–H and O–H groups in total. The number of hydrogen-bond donors (Lipinski definition) is 1. The number of aryl methyl sites for hydroxylation is 2. The van der Waals surface area contributed by atoms with Crippen molar-refractivity contribution in [2.75, 3.05) is 13.1 Å². The third-order valence-corrected chi connectivity index (χ3v) is 3.37. The minimum Gasteiger partial charge on any atom is -0.363 e. The first-order chi connectivity index (χ1) is 9.69. The maximum absolute atomic E-state index is 5.79. The Morgan fingerprint density at radius 1 is 1.25 bits per heavy atom. The van der Waals surface area contributed by atoms with Gasteiger partial charge in [-0.1, -0.05) is 17.2 Å². The number of nitrogens with one attached hydrogen (secondary N) is 1. The van der Waals surface area contributed by atoms with Gasteiger partial charge < -0.3 is 19.1 Å². The highest BCUT2D eigenvalue weighted by Gasteiger charge is 2.27. The fourth-order valence-electron chi connectivity index (χ4n) is 2.35.